The zero-order chi connectivity index (χ0) is 14.7. The van der Waals surface area contributed by atoms with Gasteiger partial charge in [0.15, 0.2) is 0 Å². The van der Waals surface area contributed by atoms with Crippen molar-refractivity contribution in [1.82, 2.24) is 4.90 Å². The van der Waals surface area contributed by atoms with Crippen LogP contribution in [0.1, 0.15) is 24.5 Å². The molecule has 1 aromatic carbocycles. The zero-order valence-corrected chi connectivity index (χ0v) is 12.1. The van der Waals surface area contributed by atoms with Crippen molar-refractivity contribution in [2.45, 2.75) is 20.3 Å². The van der Waals surface area contributed by atoms with E-state index >= 15 is 0 Å². The van der Waals surface area contributed by atoms with Gasteiger partial charge >= 0.3 is 0 Å². The summed E-state index contributed by atoms with van der Waals surface area (Å²) in [6, 6.07) is 5.81. The van der Waals surface area contributed by atoms with Crippen LogP contribution in [0.4, 0.5) is 0 Å². The van der Waals surface area contributed by atoms with Gasteiger partial charge < -0.3 is 9.64 Å². The van der Waals surface area contributed by atoms with Gasteiger partial charge in [0.25, 0.3) is 0 Å². The molecular weight excluding hydrogens is 250 g/mol. The molecule has 1 aliphatic heterocycles. The van der Waals surface area contributed by atoms with E-state index in [2.05, 4.69) is 12.0 Å². The number of rotatable bonds is 3. The molecule has 3 nitrogen and oxygen atoms in total. The molecule has 1 aromatic rings. The van der Waals surface area contributed by atoms with Crippen LogP contribution < -0.4 is 4.74 Å². The first-order chi connectivity index (χ1) is 9.54. The van der Waals surface area contributed by atoms with Gasteiger partial charge in [-0.15, -0.1) is 6.42 Å². The quantitative estimate of drug-likeness (QED) is 0.790. The molecule has 0 aromatic heterocycles. The normalized spacial score (nSPS) is 18.5. The summed E-state index contributed by atoms with van der Waals surface area (Å²) in [4.78, 5) is 13.8. The van der Waals surface area contributed by atoms with Gasteiger partial charge in [-0.3, -0.25) is 4.79 Å². The Balaban J connectivity index is 2.30. The van der Waals surface area contributed by atoms with E-state index in [-0.39, 0.29) is 18.4 Å². The summed E-state index contributed by atoms with van der Waals surface area (Å²) >= 11 is 0. The van der Waals surface area contributed by atoms with Gasteiger partial charge in [0, 0.05) is 24.2 Å². The Labute approximate surface area is 120 Å². The SMILES string of the molecule is C#CCOc1ccc(C2=CCC(C)C(=O)N2C)c(C)c1. The fourth-order valence-electron chi connectivity index (χ4n) is 2.40. The molecule has 0 fully saturated rings. The number of ether oxygens (including phenoxy) is 1. The molecule has 0 saturated carbocycles. The highest BCUT2D eigenvalue weighted by Gasteiger charge is 2.25. The Morgan fingerprint density at radius 3 is 2.90 bits per heavy atom. The monoisotopic (exact) mass is 269 g/mol. The number of amides is 1. The molecule has 1 atom stereocenters. The number of hydrogen-bond donors (Lipinski definition) is 0. The number of hydrogen-bond acceptors (Lipinski definition) is 2. The third kappa shape index (κ3) is 2.70. The Morgan fingerprint density at radius 2 is 2.25 bits per heavy atom. The van der Waals surface area contributed by atoms with Gasteiger partial charge in [0.1, 0.15) is 12.4 Å². The molecule has 0 radical (unpaired) electrons. The molecule has 20 heavy (non-hydrogen) atoms. The third-order valence-electron chi connectivity index (χ3n) is 3.57. The van der Waals surface area contributed by atoms with Crippen molar-refractivity contribution in [2.24, 2.45) is 5.92 Å². The second kappa shape index (κ2) is 5.83. The number of nitrogens with zero attached hydrogens (tertiary/aromatic N) is 1. The lowest BCUT2D eigenvalue weighted by atomic mass is 9.95. The van der Waals surface area contributed by atoms with Crippen LogP contribution in [0.2, 0.25) is 0 Å². The van der Waals surface area contributed by atoms with Crippen LogP contribution in [0, 0.1) is 25.2 Å². The van der Waals surface area contributed by atoms with E-state index in [4.69, 9.17) is 11.2 Å². The fourth-order valence-corrected chi connectivity index (χ4v) is 2.40. The molecule has 0 bridgehead atoms. The standard InChI is InChI=1S/C17H19NO2/c1-5-10-20-14-7-8-15(13(3)11-14)16-9-6-12(2)17(19)18(16)4/h1,7-9,11-12H,6,10H2,2-4H3. The average Bonchev–Trinajstić information content (AvgIpc) is 2.44. The Hall–Kier alpha value is -2.21. The first-order valence-corrected chi connectivity index (χ1v) is 6.69. The molecule has 1 amide bonds. The lowest BCUT2D eigenvalue weighted by Gasteiger charge is -2.29. The number of aryl methyl sites for hydroxylation is 1. The van der Waals surface area contributed by atoms with E-state index in [1.165, 1.54) is 0 Å². The molecule has 1 heterocycles. The number of carbonyl (C=O) groups is 1. The number of benzene rings is 1. The van der Waals surface area contributed by atoms with Crippen molar-refractivity contribution in [3.63, 3.8) is 0 Å². The van der Waals surface area contributed by atoms with Gasteiger partial charge in [-0.25, -0.2) is 0 Å². The molecule has 0 saturated heterocycles. The summed E-state index contributed by atoms with van der Waals surface area (Å²) in [5.41, 5.74) is 3.09. The van der Waals surface area contributed by atoms with Gasteiger partial charge in [0.2, 0.25) is 5.91 Å². The third-order valence-corrected chi connectivity index (χ3v) is 3.57. The highest BCUT2D eigenvalue weighted by molar-refractivity contribution is 5.90. The van der Waals surface area contributed by atoms with E-state index in [9.17, 15) is 4.79 Å². The topological polar surface area (TPSA) is 29.5 Å². The van der Waals surface area contributed by atoms with Crippen LogP contribution in [0.5, 0.6) is 5.75 Å². The van der Waals surface area contributed by atoms with Crippen LogP contribution in [-0.4, -0.2) is 24.5 Å². The lowest BCUT2D eigenvalue weighted by Crippen LogP contribution is -2.33. The molecule has 104 valence electrons. The summed E-state index contributed by atoms with van der Waals surface area (Å²) in [5, 5.41) is 0. The summed E-state index contributed by atoms with van der Waals surface area (Å²) in [7, 11) is 1.83. The molecule has 1 unspecified atom stereocenters. The molecule has 0 aliphatic carbocycles. The number of allylic oxidation sites excluding steroid dienone is 1. The Bertz CT molecular complexity index is 595. The van der Waals surface area contributed by atoms with Crippen molar-refractivity contribution >= 4 is 11.6 Å². The fraction of sp³-hybridized carbons (Fsp3) is 0.353. The average molecular weight is 269 g/mol. The van der Waals surface area contributed by atoms with Crippen molar-refractivity contribution in [3.8, 4) is 18.1 Å². The highest BCUT2D eigenvalue weighted by atomic mass is 16.5. The zero-order valence-electron chi connectivity index (χ0n) is 12.1. The smallest absolute Gasteiger partial charge is 0.229 e. The van der Waals surface area contributed by atoms with Crippen LogP contribution in [0.15, 0.2) is 24.3 Å². The van der Waals surface area contributed by atoms with E-state index in [0.29, 0.717) is 0 Å². The van der Waals surface area contributed by atoms with Crippen LogP contribution in [-0.2, 0) is 4.79 Å². The van der Waals surface area contributed by atoms with Crippen LogP contribution in [0.3, 0.4) is 0 Å². The predicted octanol–water partition coefficient (Wildman–Crippen LogP) is 2.85. The Morgan fingerprint density at radius 1 is 1.50 bits per heavy atom. The summed E-state index contributed by atoms with van der Waals surface area (Å²) in [6.07, 6.45) is 8.09. The second-order valence-electron chi connectivity index (χ2n) is 5.09. The minimum atomic E-state index is 0.0577. The first-order valence-electron chi connectivity index (χ1n) is 6.69. The van der Waals surface area contributed by atoms with Crippen molar-refractivity contribution in [1.29, 1.82) is 0 Å². The van der Waals surface area contributed by atoms with Crippen molar-refractivity contribution in [2.75, 3.05) is 13.7 Å². The summed E-state index contributed by atoms with van der Waals surface area (Å²) in [6.45, 7) is 4.22. The predicted molar refractivity (Wildman–Crippen MR) is 80.0 cm³/mol. The molecule has 0 spiro atoms. The van der Waals surface area contributed by atoms with Crippen LogP contribution in [0.25, 0.3) is 5.70 Å². The maximum absolute atomic E-state index is 12.1. The largest absolute Gasteiger partial charge is 0.481 e. The number of carbonyl (C=O) groups excluding carboxylic acids is 1. The maximum Gasteiger partial charge on any atom is 0.229 e. The van der Waals surface area contributed by atoms with E-state index in [1.807, 2.05) is 39.1 Å². The first kappa shape index (κ1) is 14.2. The second-order valence-corrected chi connectivity index (χ2v) is 5.09. The minimum Gasteiger partial charge on any atom is -0.481 e. The van der Waals surface area contributed by atoms with Gasteiger partial charge in [-0.05, 0) is 37.1 Å². The van der Waals surface area contributed by atoms with Gasteiger partial charge in [-0.2, -0.15) is 0 Å². The van der Waals surface area contributed by atoms with Gasteiger partial charge in [0.05, 0.1) is 0 Å². The highest BCUT2D eigenvalue weighted by Crippen LogP contribution is 2.30. The van der Waals surface area contributed by atoms with Crippen LogP contribution >= 0.6 is 0 Å². The summed E-state index contributed by atoms with van der Waals surface area (Å²) < 4.78 is 5.41. The van der Waals surface area contributed by atoms with Crippen molar-refractivity contribution < 1.29 is 9.53 Å². The molecule has 2 rings (SSSR count). The minimum absolute atomic E-state index is 0.0577. The van der Waals surface area contributed by atoms with E-state index in [0.717, 1.165) is 29.0 Å². The lowest BCUT2D eigenvalue weighted by molar-refractivity contribution is -0.131. The van der Waals surface area contributed by atoms with E-state index in [1.54, 1.807) is 4.90 Å². The molecule has 3 heteroatoms. The van der Waals surface area contributed by atoms with Crippen molar-refractivity contribution in [3.05, 3.63) is 35.4 Å². The molecule has 0 N–H and O–H groups in total. The maximum atomic E-state index is 12.1. The molecule has 1 aliphatic rings. The molecular formula is C17H19NO2. The van der Waals surface area contributed by atoms with Gasteiger partial charge in [-0.1, -0.05) is 18.9 Å². The Kier molecular flexibility index (Phi) is 4.14. The van der Waals surface area contributed by atoms with E-state index < -0.39 is 0 Å². The number of terminal acetylenes is 1. The summed E-state index contributed by atoms with van der Waals surface area (Å²) in [5.74, 6) is 3.42.